The molecular formula is C22H25N3O6. The molecule has 9 heteroatoms. The van der Waals surface area contributed by atoms with Crippen molar-refractivity contribution in [2.75, 3.05) is 21.3 Å². The van der Waals surface area contributed by atoms with E-state index in [0.717, 1.165) is 5.56 Å². The van der Waals surface area contributed by atoms with Gasteiger partial charge in [0.25, 0.3) is 5.88 Å². The molecule has 1 aliphatic rings. The van der Waals surface area contributed by atoms with Gasteiger partial charge in [0.2, 0.25) is 5.91 Å². The Labute approximate surface area is 180 Å². The van der Waals surface area contributed by atoms with Gasteiger partial charge in [0, 0.05) is 19.2 Å². The lowest BCUT2D eigenvalue weighted by atomic mass is 10.0. The van der Waals surface area contributed by atoms with Crippen LogP contribution in [-0.2, 0) is 16.1 Å². The van der Waals surface area contributed by atoms with Crippen LogP contribution < -0.4 is 15.2 Å². The number of hydrogen-bond acceptors (Lipinski definition) is 8. The molecule has 2 unspecified atom stereocenters. The maximum Gasteiger partial charge on any atom is 0.254 e. The van der Waals surface area contributed by atoms with Crippen LogP contribution in [-0.4, -0.2) is 54.2 Å². The summed E-state index contributed by atoms with van der Waals surface area (Å²) in [6.07, 6.45) is -0.741. The summed E-state index contributed by atoms with van der Waals surface area (Å²) in [4.78, 5) is 17.9. The first kappa shape index (κ1) is 22.0. The van der Waals surface area contributed by atoms with Crippen molar-refractivity contribution in [3.05, 3.63) is 71.3 Å². The second kappa shape index (κ2) is 9.40. The molecule has 0 spiro atoms. The van der Waals surface area contributed by atoms with Gasteiger partial charge in [0.1, 0.15) is 11.9 Å². The van der Waals surface area contributed by atoms with Gasteiger partial charge in [-0.25, -0.2) is 0 Å². The summed E-state index contributed by atoms with van der Waals surface area (Å²) in [5.74, 6) is -1.02. The van der Waals surface area contributed by atoms with E-state index in [-0.39, 0.29) is 12.4 Å². The lowest BCUT2D eigenvalue weighted by Crippen LogP contribution is -2.52. The molecule has 0 radical (unpaired) electrons. The minimum Gasteiger partial charge on any atom is -0.505 e. The SMILES string of the molecule is COc1cccc(CN2C(C(OC)c3ccccc3)=NC(O)=C(O)C2C(N)=O)c1OC. The molecule has 3 rings (SSSR count). The number of aliphatic imine (C=N–C) groups is 1. The summed E-state index contributed by atoms with van der Waals surface area (Å²) >= 11 is 0. The van der Waals surface area contributed by atoms with Gasteiger partial charge in [-0.05, 0) is 11.6 Å². The van der Waals surface area contributed by atoms with Gasteiger partial charge in [-0.15, -0.1) is 0 Å². The third-order valence-electron chi connectivity index (χ3n) is 4.98. The zero-order valence-corrected chi connectivity index (χ0v) is 17.5. The second-order valence-corrected chi connectivity index (χ2v) is 6.79. The summed E-state index contributed by atoms with van der Waals surface area (Å²) in [7, 11) is 4.51. The number of carbonyl (C=O) groups excluding carboxylic acids is 1. The minimum absolute atomic E-state index is 0.0663. The standard InChI is InChI=1S/C22H25N3O6/c1-29-15-11-7-10-14(18(15)30-2)12-25-16(20(23)27)17(26)22(28)24-21(25)19(31-3)13-8-5-4-6-9-13/h4-11,16,19,26,28H,12H2,1-3H3,(H2,23,27). The number of hydrogen-bond donors (Lipinski definition) is 3. The van der Waals surface area contributed by atoms with Crippen LogP contribution in [0.3, 0.4) is 0 Å². The molecule has 0 saturated carbocycles. The van der Waals surface area contributed by atoms with E-state index >= 15 is 0 Å². The van der Waals surface area contributed by atoms with Gasteiger partial charge < -0.3 is 35.1 Å². The van der Waals surface area contributed by atoms with E-state index in [2.05, 4.69) is 4.99 Å². The summed E-state index contributed by atoms with van der Waals surface area (Å²) in [6, 6.07) is 13.1. The zero-order valence-electron chi connectivity index (χ0n) is 17.5. The van der Waals surface area contributed by atoms with E-state index in [1.54, 1.807) is 18.2 Å². The molecule has 4 N–H and O–H groups in total. The third-order valence-corrected chi connectivity index (χ3v) is 4.98. The van der Waals surface area contributed by atoms with Gasteiger partial charge >= 0.3 is 0 Å². The Kier molecular flexibility index (Phi) is 6.66. The highest BCUT2D eigenvalue weighted by molar-refractivity contribution is 5.95. The van der Waals surface area contributed by atoms with Crippen molar-refractivity contribution in [3.8, 4) is 11.5 Å². The van der Waals surface area contributed by atoms with Crippen LogP contribution in [0.25, 0.3) is 0 Å². The molecule has 164 valence electrons. The first-order valence-corrected chi connectivity index (χ1v) is 9.47. The predicted octanol–water partition coefficient (Wildman–Crippen LogP) is 2.44. The van der Waals surface area contributed by atoms with Crippen molar-refractivity contribution < 1.29 is 29.2 Å². The molecule has 1 amide bonds. The third kappa shape index (κ3) is 4.26. The fourth-order valence-electron chi connectivity index (χ4n) is 3.58. The number of rotatable bonds is 8. The van der Waals surface area contributed by atoms with Crippen molar-refractivity contribution in [1.82, 2.24) is 4.90 Å². The number of amidine groups is 1. The average Bonchev–Trinajstić information content (AvgIpc) is 2.77. The molecule has 1 aliphatic heterocycles. The number of amides is 1. The Bertz CT molecular complexity index is 1010. The van der Waals surface area contributed by atoms with Gasteiger partial charge in [-0.2, -0.15) is 4.99 Å². The minimum atomic E-state index is -1.36. The monoisotopic (exact) mass is 427 g/mol. The molecule has 0 bridgehead atoms. The first-order chi connectivity index (χ1) is 14.9. The molecule has 31 heavy (non-hydrogen) atoms. The summed E-state index contributed by atoms with van der Waals surface area (Å²) in [6.45, 7) is 0.0663. The van der Waals surface area contributed by atoms with Crippen LogP contribution in [0.15, 0.2) is 65.2 Å². The largest absolute Gasteiger partial charge is 0.505 e. The number of primary amides is 1. The summed E-state index contributed by atoms with van der Waals surface area (Å²) < 4.78 is 16.5. The number of carbonyl (C=O) groups is 1. The smallest absolute Gasteiger partial charge is 0.254 e. The van der Waals surface area contributed by atoms with E-state index in [0.29, 0.717) is 17.1 Å². The van der Waals surface area contributed by atoms with E-state index in [1.165, 1.54) is 26.2 Å². The molecule has 0 saturated heterocycles. The van der Waals surface area contributed by atoms with Crippen LogP contribution >= 0.6 is 0 Å². The molecule has 1 heterocycles. The highest BCUT2D eigenvalue weighted by Crippen LogP contribution is 2.35. The highest BCUT2D eigenvalue weighted by Gasteiger charge is 2.40. The zero-order chi connectivity index (χ0) is 22.5. The van der Waals surface area contributed by atoms with Crippen LogP contribution in [0.5, 0.6) is 11.5 Å². The topological polar surface area (TPSA) is 127 Å². The summed E-state index contributed by atoms with van der Waals surface area (Å²) in [5.41, 5.74) is 6.99. The fourth-order valence-corrected chi connectivity index (χ4v) is 3.58. The number of aliphatic hydroxyl groups excluding tert-OH is 2. The van der Waals surface area contributed by atoms with E-state index in [1.807, 2.05) is 30.3 Å². The number of ether oxygens (including phenoxy) is 3. The first-order valence-electron chi connectivity index (χ1n) is 9.47. The van der Waals surface area contributed by atoms with Crippen molar-refractivity contribution in [3.63, 3.8) is 0 Å². The molecule has 9 nitrogen and oxygen atoms in total. The molecular weight excluding hydrogens is 402 g/mol. The van der Waals surface area contributed by atoms with Gasteiger partial charge in [-0.1, -0.05) is 42.5 Å². The quantitative estimate of drug-likeness (QED) is 0.590. The number of methoxy groups -OCH3 is 3. The maximum absolute atomic E-state index is 12.3. The number of aliphatic hydroxyl groups is 2. The van der Waals surface area contributed by atoms with E-state index in [9.17, 15) is 15.0 Å². The van der Waals surface area contributed by atoms with Crippen molar-refractivity contribution >= 4 is 11.7 Å². The van der Waals surface area contributed by atoms with Crippen LogP contribution in [0, 0.1) is 0 Å². The second-order valence-electron chi connectivity index (χ2n) is 6.79. The average molecular weight is 427 g/mol. The van der Waals surface area contributed by atoms with Crippen LogP contribution in [0.2, 0.25) is 0 Å². The Hall–Kier alpha value is -3.72. The van der Waals surface area contributed by atoms with Crippen molar-refractivity contribution in [2.24, 2.45) is 10.7 Å². The summed E-state index contributed by atoms with van der Waals surface area (Å²) in [5, 5.41) is 20.6. The van der Waals surface area contributed by atoms with Crippen LogP contribution in [0.4, 0.5) is 0 Å². The number of para-hydroxylation sites is 1. The molecule has 2 aromatic rings. The molecule has 2 atom stereocenters. The van der Waals surface area contributed by atoms with E-state index in [4.69, 9.17) is 19.9 Å². The highest BCUT2D eigenvalue weighted by atomic mass is 16.5. The Morgan fingerprint density at radius 1 is 1.10 bits per heavy atom. The lowest BCUT2D eigenvalue weighted by Gasteiger charge is -2.37. The number of nitrogens with zero attached hydrogens (tertiary/aromatic N) is 2. The fraction of sp³-hybridized carbons (Fsp3) is 0.273. The Balaban J connectivity index is 2.13. The number of nitrogens with two attached hydrogens (primary N) is 1. The van der Waals surface area contributed by atoms with Crippen LogP contribution in [0.1, 0.15) is 17.2 Å². The van der Waals surface area contributed by atoms with Gasteiger partial charge in [0.05, 0.1) is 14.2 Å². The van der Waals surface area contributed by atoms with Gasteiger partial charge in [-0.3, -0.25) is 4.79 Å². The normalized spacial score (nSPS) is 17.2. The van der Waals surface area contributed by atoms with E-state index < -0.39 is 29.7 Å². The Morgan fingerprint density at radius 2 is 1.81 bits per heavy atom. The maximum atomic E-state index is 12.3. The predicted molar refractivity (Wildman–Crippen MR) is 114 cm³/mol. The number of benzene rings is 2. The molecule has 0 aromatic heterocycles. The lowest BCUT2D eigenvalue weighted by molar-refractivity contribution is -0.122. The van der Waals surface area contributed by atoms with Crippen molar-refractivity contribution in [2.45, 2.75) is 18.7 Å². The van der Waals surface area contributed by atoms with Crippen molar-refractivity contribution in [1.29, 1.82) is 0 Å². The molecule has 0 aliphatic carbocycles. The molecule has 0 fully saturated rings. The Morgan fingerprint density at radius 3 is 2.39 bits per heavy atom. The molecule has 2 aromatic carbocycles. The van der Waals surface area contributed by atoms with Gasteiger partial charge in [0.15, 0.2) is 23.3 Å².